The van der Waals surface area contributed by atoms with Crippen LogP contribution in [0.4, 0.5) is 17.6 Å². The Bertz CT molecular complexity index is 453. The Kier molecular flexibility index (Phi) is 9.72. The van der Waals surface area contributed by atoms with Gasteiger partial charge in [0.15, 0.2) is 0 Å². The number of hydrogen-bond acceptors (Lipinski definition) is 5. The minimum Gasteiger partial charge on any atom is -0.475 e. The third-order valence-electron chi connectivity index (χ3n) is 3.65. The number of thiocarbonyl (C=S) groups is 1. The highest BCUT2D eigenvalue weighted by Crippen LogP contribution is 2.41. The molecule has 0 saturated carbocycles. The minimum absolute atomic E-state index is 0.103. The van der Waals surface area contributed by atoms with Gasteiger partial charge in [-0.3, -0.25) is 4.79 Å². The van der Waals surface area contributed by atoms with E-state index < -0.39 is 35.4 Å². The van der Waals surface area contributed by atoms with E-state index in [2.05, 4.69) is 4.74 Å². The number of carbonyl (C=O) groups excluding carboxylic acids is 1. The number of rotatable bonds is 9. The summed E-state index contributed by atoms with van der Waals surface area (Å²) >= 11 is 5.50. The summed E-state index contributed by atoms with van der Waals surface area (Å²) in [5, 5.41) is -1.63. The molecule has 0 heterocycles. The van der Waals surface area contributed by atoms with Gasteiger partial charge in [0.05, 0.1) is 30.8 Å². The molecule has 0 aromatic rings. The molecular weight excluding hydrogens is 380 g/mol. The summed E-state index contributed by atoms with van der Waals surface area (Å²) in [6.45, 7) is 7.33. The van der Waals surface area contributed by atoms with E-state index >= 15 is 0 Å². The van der Waals surface area contributed by atoms with Gasteiger partial charge < -0.3 is 9.47 Å². The molecule has 0 amide bonds. The van der Waals surface area contributed by atoms with Gasteiger partial charge in [0.2, 0.25) is 4.38 Å². The van der Waals surface area contributed by atoms with Crippen molar-refractivity contribution in [1.29, 1.82) is 0 Å². The fourth-order valence-electron chi connectivity index (χ4n) is 1.88. The summed E-state index contributed by atoms with van der Waals surface area (Å²) in [5.74, 6) is -8.76. The fraction of sp³-hybridized carbons (Fsp3) is 0.875. The zero-order chi connectivity index (χ0) is 20.0. The second kappa shape index (κ2) is 9.94. The van der Waals surface area contributed by atoms with Gasteiger partial charge >= 0.3 is 5.97 Å². The highest BCUT2D eigenvalue weighted by Gasteiger charge is 2.48. The normalized spacial score (nSPS) is 16.3. The SMILES string of the molecule is COC(=O)C(C)CC(SC(=S)OC(C)C(C)C)C(F)(F)CC(C)(F)F. The Labute approximate surface area is 156 Å². The number of ether oxygens (including phenoxy) is 2. The third kappa shape index (κ3) is 9.63. The maximum absolute atomic E-state index is 14.4. The molecule has 0 bridgehead atoms. The van der Waals surface area contributed by atoms with Crippen molar-refractivity contribution in [3.05, 3.63) is 0 Å². The van der Waals surface area contributed by atoms with Crippen molar-refractivity contribution < 1.29 is 31.8 Å². The van der Waals surface area contributed by atoms with Gasteiger partial charge in [0, 0.05) is 0 Å². The van der Waals surface area contributed by atoms with Crippen LogP contribution in [0.1, 0.15) is 47.5 Å². The van der Waals surface area contributed by atoms with Gasteiger partial charge in [-0.2, -0.15) is 0 Å². The summed E-state index contributed by atoms with van der Waals surface area (Å²) in [5.41, 5.74) is 0. The lowest BCUT2D eigenvalue weighted by Gasteiger charge is -2.30. The van der Waals surface area contributed by atoms with E-state index in [1.807, 2.05) is 13.8 Å². The van der Waals surface area contributed by atoms with E-state index in [4.69, 9.17) is 17.0 Å². The number of esters is 1. The average molecular weight is 407 g/mol. The Balaban J connectivity index is 5.25. The molecule has 3 nitrogen and oxygen atoms in total. The Hall–Kier alpha value is -0.570. The van der Waals surface area contributed by atoms with Crippen LogP contribution in [0, 0.1) is 11.8 Å². The van der Waals surface area contributed by atoms with Crippen LogP contribution in [0.2, 0.25) is 0 Å². The van der Waals surface area contributed by atoms with Gasteiger partial charge in [-0.15, -0.1) is 0 Å². The highest BCUT2D eigenvalue weighted by molar-refractivity contribution is 8.23. The summed E-state index contributed by atoms with van der Waals surface area (Å²) in [7, 11) is 1.14. The molecule has 25 heavy (non-hydrogen) atoms. The Morgan fingerprint density at radius 1 is 1.16 bits per heavy atom. The van der Waals surface area contributed by atoms with Gasteiger partial charge in [-0.05, 0) is 38.4 Å². The first-order chi connectivity index (χ1) is 11.2. The maximum Gasteiger partial charge on any atom is 0.308 e. The average Bonchev–Trinajstić information content (AvgIpc) is 2.42. The molecule has 0 N–H and O–H groups in total. The minimum atomic E-state index is -3.74. The van der Waals surface area contributed by atoms with Crippen molar-refractivity contribution in [3.8, 4) is 0 Å². The molecule has 0 aromatic carbocycles. The van der Waals surface area contributed by atoms with Crippen molar-refractivity contribution in [2.45, 2.75) is 70.7 Å². The van der Waals surface area contributed by atoms with Crippen LogP contribution in [0.3, 0.4) is 0 Å². The molecule has 0 fully saturated rings. The van der Waals surface area contributed by atoms with Crippen LogP contribution in [0.5, 0.6) is 0 Å². The summed E-state index contributed by atoms with van der Waals surface area (Å²) in [6, 6.07) is 0. The Morgan fingerprint density at radius 2 is 1.68 bits per heavy atom. The summed E-state index contributed by atoms with van der Waals surface area (Å²) in [4.78, 5) is 11.5. The maximum atomic E-state index is 14.4. The van der Waals surface area contributed by atoms with Gasteiger partial charge in [-0.25, -0.2) is 17.6 Å². The van der Waals surface area contributed by atoms with E-state index in [-0.39, 0.29) is 22.8 Å². The largest absolute Gasteiger partial charge is 0.475 e. The van der Waals surface area contributed by atoms with Crippen molar-refractivity contribution >= 4 is 34.3 Å². The van der Waals surface area contributed by atoms with Crippen LogP contribution in [-0.2, 0) is 14.3 Å². The molecular formula is C16H26F4O3S2. The molecule has 0 saturated heterocycles. The van der Waals surface area contributed by atoms with Crippen LogP contribution >= 0.6 is 24.0 Å². The summed E-state index contributed by atoms with van der Waals surface area (Å²) < 4.78 is 64.9. The van der Waals surface area contributed by atoms with E-state index in [1.54, 1.807) is 6.92 Å². The number of halogens is 4. The van der Waals surface area contributed by atoms with Crippen LogP contribution in [0.25, 0.3) is 0 Å². The molecule has 0 aromatic heterocycles. The van der Waals surface area contributed by atoms with Crippen molar-refractivity contribution in [3.63, 3.8) is 0 Å². The molecule has 0 aliphatic heterocycles. The van der Waals surface area contributed by atoms with Gasteiger partial charge in [-0.1, -0.05) is 32.5 Å². The van der Waals surface area contributed by atoms with E-state index in [1.165, 1.54) is 6.92 Å². The zero-order valence-electron chi connectivity index (χ0n) is 15.3. The first-order valence-corrected chi connectivity index (χ1v) is 9.19. The second-order valence-corrected chi connectivity index (χ2v) is 8.40. The predicted molar refractivity (Wildman–Crippen MR) is 95.3 cm³/mol. The predicted octanol–water partition coefficient (Wildman–Crippen LogP) is 5.31. The molecule has 3 unspecified atom stereocenters. The lowest BCUT2D eigenvalue weighted by molar-refractivity contribution is -0.146. The first kappa shape index (κ1) is 24.4. The monoisotopic (exact) mass is 406 g/mol. The number of thioether (sulfide) groups is 1. The molecule has 0 rings (SSSR count). The lowest BCUT2D eigenvalue weighted by Crippen LogP contribution is -2.39. The number of carbonyl (C=O) groups is 1. The molecule has 0 radical (unpaired) electrons. The van der Waals surface area contributed by atoms with Crippen LogP contribution in [-0.4, -0.2) is 40.7 Å². The third-order valence-corrected chi connectivity index (χ3v) is 5.14. The fourth-order valence-corrected chi connectivity index (χ4v) is 3.47. The number of alkyl halides is 4. The second-order valence-electron chi connectivity index (χ2n) is 6.59. The van der Waals surface area contributed by atoms with Crippen molar-refractivity contribution in [2.75, 3.05) is 7.11 Å². The van der Waals surface area contributed by atoms with Crippen LogP contribution in [0.15, 0.2) is 0 Å². The number of methoxy groups -OCH3 is 1. The van der Waals surface area contributed by atoms with E-state index in [0.717, 1.165) is 7.11 Å². The van der Waals surface area contributed by atoms with Crippen molar-refractivity contribution in [2.24, 2.45) is 11.8 Å². The molecule has 0 spiro atoms. The van der Waals surface area contributed by atoms with Crippen molar-refractivity contribution in [1.82, 2.24) is 0 Å². The molecule has 0 aliphatic rings. The van der Waals surface area contributed by atoms with Gasteiger partial charge in [0.25, 0.3) is 11.8 Å². The molecule has 3 atom stereocenters. The quantitative estimate of drug-likeness (QED) is 0.294. The Morgan fingerprint density at radius 3 is 2.08 bits per heavy atom. The molecule has 0 aliphatic carbocycles. The topological polar surface area (TPSA) is 35.5 Å². The first-order valence-electron chi connectivity index (χ1n) is 7.90. The highest BCUT2D eigenvalue weighted by atomic mass is 32.2. The lowest BCUT2D eigenvalue weighted by atomic mass is 9.98. The standard InChI is InChI=1S/C16H26F4O3S2/c1-9(2)11(4)23-14(24)25-12(7-10(3)13(21)22-6)16(19,20)8-15(5,17)18/h9-12H,7-8H2,1-6H3. The molecule has 148 valence electrons. The van der Waals surface area contributed by atoms with Gasteiger partial charge in [0.1, 0.15) is 0 Å². The summed E-state index contributed by atoms with van der Waals surface area (Å²) in [6.07, 6.45) is -2.30. The zero-order valence-corrected chi connectivity index (χ0v) is 16.9. The van der Waals surface area contributed by atoms with E-state index in [0.29, 0.717) is 18.7 Å². The number of hydrogen-bond donors (Lipinski definition) is 0. The molecule has 9 heteroatoms. The van der Waals surface area contributed by atoms with Crippen LogP contribution < -0.4 is 0 Å². The smallest absolute Gasteiger partial charge is 0.308 e. The van der Waals surface area contributed by atoms with E-state index in [9.17, 15) is 22.4 Å².